The van der Waals surface area contributed by atoms with Crippen LogP contribution in [0.2, 0.25) is 0 Å². The summed E-state index contributed by atoms with van der Waals surface area (Å²) in [4.78, 5) is 22.5. The summed E-state index contributed by atoms with van der Waals surface area (Å²) in [6, 6.07) is -1.51. The molecule has 2 amide bonds. The second-order valence-corrected chi connectivity index (χ2v) is 6.45. The molecule has 0 aliphatic rings. The van der Waals surface area contributed by atoms with Crippen molar-refractivity contribution in [2.24, 2.45) is 5.92 Å². The molecule has 0 spiro atoms. The minimum absolute atomic E-state index is 0.176. The molecule has 20 heavy (non-hydrogen) atoms. The Bertz CT molecular complexity index is 424. The molecule has 0 bridgehead atoms. The number of amides is 2. The summed E-state index contributed by atoms with van der Waals surface area (Å²) >= 11 is 0. The third kappa shape index (κ3) is 8.70. The highest BCUT2D eigenvalue weighted by Gasteiger charge is 2.24. The summed E-state index contributed by atoms with van der Waals surface area (Å²) in [5.74, 6) is -1.25. The van der Waals surface area contributed by atoms with E-state index >= 15 is 0 Å². The van der Waals surface area contributed by atoms with Crippen LogP contribution >= 0.6 is 0 Å². The van der Waals surface area contributed by atoms with Crippen LogP contribution in [0.4, 0.5) is 4.79 Å². The summed E-state index contributed by atoms with van der Waals surface area (Å²) in [7, 11) is -3.23. The Labute approximate surface area is 119 Å². The minimum atomic E-state index is -3.23. The average molecular weight is 309 g/mol. The van der Waals surface area contributed by atoms with Crippen molar-refractivity contribution in [1.29, 1.82) is 0 Å². The molecule has 2 atom stereocenters. The van der Waals surface area contributed by atoms with E-state index in [1.165, 1.54) is 0 Å². The molecular weight excluding hydrogens is 286 g/mol. The van der Waals surface area contributed by atoms with E-state index in [0.717, 1.165) is 6.26 Å². The van der Waals surface area contributed by atoms with Gasteiger partial charge in [-0.25, -0.2) is 22.7 Å². The van der Waals surface area contributed by atoms with Crippen LogP contribution in [0.25, 0.3) is 0 Å². The Morgan fingerprint density at radius 3 is 2.30 bits per heavy atom. The highest BCUT2D eigenvalue weighted by Crippen LogP contribution is 2.07. The van der Waals surface area contributed by atoms with Crippen LogP contribution in [-0.2, 0) is 14.8 Å². The van der Waals surface area contributed by atoms with E-state index in [2.05, 4.69) is 15.4 Å². The molecule has 0 aromatic carbocycles. The zero-order chi connectivity index (χ0) is 15.8. The lowest BCUT2D eigenvalue weighted by Crippen LogP contribution is -2.49. The third-order valence-electron chi connectivity index (χ3n) is 2.77. The number of hydrogen-bond donors (Lipinski definition) is 4. The van der Waals surface area contributed by atoms with E-state index in [0.29, 0.717) is 12.8 Å². The minimum Gasteiger partial charge on any atom is -0.480 e. The molecule has 0 aromatic rings. The smallest absolute Gasteiger partial charge is 0.326 e. The first-order chi connectivity index (χ1) is 9.17. The number of sulfonamides is 1. The molecule has 0 rings (SSSR count). The number of urea groups is 1. The second kappa shape index (κ2) is 8.75. The van der Waals surface area contributed by atoms with Gasteiger partial charge in [0.2, 0.25) is 10.0 Å². The first-order valence-electron chi connectivity index (χ1n) is 6.39. The van der Waals surface area contributed by atoms with Crippen LogP contribution in [0.3, 0.4) is 0 Å². The molecule has 0 heterocycles. The molecule has 0 unspecified atom stereocenters. The SMILES string of the molecule is CC[C@H](C)[C@H](NC(=O)NCCCNS(C)(=O)=O)C(=O)O. The predicted molar refractivity (Wildman–Crippen MR) is 74.9 cm³/mol. The quantitative estimate of drug-likeness (QED) is 0.436. The lowest BCUT2D eigenvalue weighted by atomic mass is 9.99. The zero-order valence-corrected chi connectivity index (χ0v) is 12.8. The highest BCUT2D eigenvalue weighted by atomic mass is 32.2. The molecule has 0 saturated heterocycles. The number of carboxylic acids is 1. The van der Waals surface area contributed by atoms with Gasteiger partial charge in [0.1, 0.15) is 6.04 Å². The monoisotopic (exact) mass is 309 g/mol. The number of carbonyl (C=O) groups excluding carboxylic acids is 1. The molecule has 9 heteroatoms. The van der Waals surface area contributed by atoms with Crippen molar-refractivity contribution in [3.63, 3.8) is 0 Å². The van der Waals surface area contributed by atoms with Gasteiger partial charge in [-0.1, -0.05) is 20.3 Å². The van der Waals surface area contributed by atoms with Gasteiger partial charge >= 0.3 is 12.0 Å². The van der Waals surface area contributed by atoms with Crippen molar-refractivity contribution in [1.82, 2.24) is 15.4 Å². The number of hydrogen-bond acceptors (Lipinski definition) is 4. The van der Waals surface area contributed by atoms with Gasteiger partial charge in [0.05, 0.1) is 6.26 Å². The largest absolute Gasteiger partial charge is 0.480 e. The molecule has 0 saturated carbocycles. The molecule has 0 aliphatic carbocycles. The van der Waals surface area contributed by atoms with Gasteiger partial charge in [-0.05, 0) is 12.3 Å². The summed E-state index contributed by atoms with van der Waals surface area (Å²) in [5.41, 5.74) is 0. The first-order valence-corrected chi connectivity index (χ1v) is 8.28. The molecular formula is C11H23N3O5S. The van der Waals surface area contributed by atoms with Gasteiger partial charge in [-0.15, -0.1) is 0 Å². The van der Waals surface area contributed by atoms with Crippen molar-refractivity contribution < 1.29 is 23.1 Å². The van der Waals surface area contributed by atoms with Crippen molar-refractivity contribution in [2.75, 3.05) is 19.3 Å². The normalized spacial score (nSPS) is 14.3. The van der Waals surface area contributed by atoms with E-state index in [1.807, 2.05) is 6.92 Å². The zero-order valence-electron chi connectivity index (χ0n) is 12.0. The Balaban J connectivity index is 4.00. The Kier molecular flexibility index (Phi) is 8.16. The van der Waals surface area contributed by atoms with Crippen LogP contribution in [-0.4, -0.2) is 50.9 Å². The van der Waals surface area contributed by atoms with E-state index in [9.17, 15) is 18.0 Å². The number of rotatable bonds is 9. The first kappa shape index (κ1) is 18.7. The van der Waals surface area contributed by atoms with Crippen LogP contribution in [0.15, 0.2) is 0 Å². The van der Waals surface area contributed by atoms with Crippen LogP contribution in [0, 0.1) is 5.92 Å². The predicted octanol–water partition coefficient (Wildman–Crippen LogP) is -0.276. The van der Waals surface area contributed by atoms with Crippen LogP contribution in [0.5, 0.6) is 0 Å². The van der Waals surface area contributed by atoms with E-state index < -0.39 is 28.1 Å². The molecule has 118 valence electrons. The van der Waals surface area contributed by atoms with Crippen molar-refractivity contribution in [3.8, 4) is 0 Å². The second-order valence-electron chi connectivity index (χ2n) is 4.62. The van der Waals surface area contributed by atoms with Crippen molar-refractivity contribution in [2.45, 2.75) is 32.7 Å². The molecule has 4 N–H and O–H groups in total. The summed E-state index contributed by atoms with van der Waals surface area (Å²) < 4.78 is 23.8. The maximum atomic E-state index is 11.5. The Hall–Kier alpha value is -1.35. The fourth-order valence-corrected chi connectivity index (χ4v) is 1.94. The van der Waals surface area contributed by atoms with E-state index in [4.69, 9.17) is 5.11 Å². The van der Waals surface area contributed by atoms with Gasteiger partial charge < -0.3 is 15.7 Å². The summed E-state index contributed by atoms with van der Waals surface area (Å²) in [5, 5.41) is 13.9. The molecule has 0 fully saturated rings. The van der Waals surface area contributed by atoms with Gasteiger partial charge in [-0.2, -0.15) is 0 Å². The fourth-order valence-electron chi connectivity index (χ4n) is 1.42. The molecule has 8 nitrogen and oxygen atoms in total. The lowest BCUT2D eigenvalue weighted by molar-refractivity contribution is -0.140. The molecule has 0 radical (unpaired) electrons. The number of aliphatic carboxylic acids is 1. The maximum Gasteiger partial charge on any atom is 0.326 e. The van der Waals surface area contributed by atoms with Gasteiger partial charge in [-0.3, -0.25) is 0 Å². The maximum absolute atomic E-state index is 11.5. The van der Waals surface area contributed by atoms with E-state index in [1.54, 1.807) is 6.92 Å². The van der Waals surface area contributed by atoms with Gasteiger partial charge in [0.25, 0.3) is 0 Å². The highest BCUT2D eigenvalue weighted by molar-refractivity contribution is 7.88. The lowest BCUT2D eigenvalue weighted by Gasteiger charge is -2.20. The topological polar surface area (TPSA) is 125 Å². The molecule has 0 aliphatic heterocycles. The number of carbonyl (C=O) groups is 2. The average Bonchev–Trinajstić information content (AvgIpc) is 2.32. The van der Waals surface area contributed by atoms with Crippen molar-refractivity contribution in [3.05, 3.63) is 0 Å². The van der Waals surface area contributed by atoms with E-state index in [-0.39, 0.29) is 19.0 Å². The van der Waals surface area contributed by atoms with Crippen molar-refractivity contribution >= 4 is 22.0 Å². The van der Waals surface area contributed by atoms with Crippen LogP contribution in [0.1, 0.15) is 26.7 Å². The van der Waals surface area contributed by atoms with Crippen LogP contribution < -0.4 is 15.4 Å². The standard InChI is InChI=1S/C11H23N3O5S/c1-4-8(2)9(10(15)16)14-11(17)12-6-5-7-13-20(3,18)19/h8-9,13H,4-7H2,1-3H3,(H,15,16)(H2,12,14,17)/t8-,9-/m0/s1. The number of nitrogens with one attached hydrogen (secondary N) is 3. The fraction of sp³-hybridized carbons (Fsp3) is 0.818. The Morgan fingerprint density at radius 2 is 1.85 bits per heavy atom. The third-order valence-corrected chi connectivity index (χ3v) is 3.50. The Morgan fingerprint density at radius 1 is 1.25 bits per heavy atom. The summed E-state index contributed by atoms with van der Waals surface area (Å²) in [6.45, 7) is 4.06. The van der Waals surface area contributed by atoms with Gasteiger partial charge in [0.15, 0.2) is 0 Å². The summed E-state index contributed by atoms with van der Waals surface area (Å²) in [6.07, 6.45) is 2.10. The molecule has 0 aromatic heterocycles. The van der Waals surface area contributed by atoms with Gasteiger partial charge in [0, 0.05) is 13.1 Å². The number of carboxylic acid groups (broad SMARTS) is 1.